The molecule has 1 aromatic carbocycles. The first-order valence-corrected chi connectivity index (χ1v) is 12.7. The maximum Gasteiger partial charge on any atom is 0.228 e. The fourth-order valence-corrected chi connectivity index (χ4v) is 5.19. The van der Waals surface area contributed by atoms with E-state index in [-0.39, 0.29) is 0 Å². The molecule has 0 aliphatic carbocycles. The van der Waals surface area contributed by atoms with Crippen molar-refractivity contribution in [3.63, 3.8) is 0 Å². The Labute approximate surface area is 212 Å². The number of nitrogens with zero attached hydrogens (tertiary/aromatic N) is 7. The highest BCUT2D eigenvalue weighted by Gasteiger charge is 2.30. The molecule has 36 heavy (non-hydrogen) atoms. The van der Waals surface area contributed by atoms with E-state index in [1.807, 2.05) is 18.3 Å². The summed E-state index contributed by atoms with van der Waals surface area (Å²) < 4.78 is 11.1. The molecule has 2 fully saturated rings. The molecular formula is C27H33N7O2. The number of fused-ring (bicyclic) bond motifs is 1. The predicted molar refractivity (Wildman–Crippen MR) is 142 cm³/mol. The fourth-order valence-electron chi connectivity index (χ4n) is 5.19. The zero-order chi connectivity index (χ0) is 24.5. The van der Waals surface area contributed by atoms with Gasteiger partial charge in [-0.25, -0.2) is 9.97 Å². The first kappa shape index (κ1) is 23.0. The Kier molecular flexibility index (Phi) is 6.33. The van der Waals surface area contributed by atoms with Gasteiger partial charge in [-0.1, -0.05) is 12.1 Å². The number of morpholine rings is 1. The molecule has 2 saturated heterocycles. The van der Waals surface area contributed by atoms with Crippen LogP contribution in [-0.4, -0.2) is 93.0 Å². The predicted octanol–water partition coefficient (Wildman–Crippen LogP) is 2.83. The molecule has 3 aliphatic heterocycles. The van der Waals surface area contributed by atoms with Crippen molar-refractivity contribution in [1.29, 1.82) is 0 Å². The van der Waals surface area contributed by atoms with Gasteiger partial charge in [0.1, 0.15) is 17.4 Å². The van der Waals surface area contributed by atoms with Gasteiger partial charge in [-0.2, -0.15) is 4.98 Å². The Hall–Kier alpha value is -3.43. The Morgan fingerprint density at radius 3 is 2.53 bits per heavy atom. The van der Waals surface area contributed by atoms with Gasteiger partial charge in [-0.3, -0.25) is 0 Å². The van der Waals surface area contributed by atoms with E-state index >= 15 is 0 Å². The molecule has 0 bridgehead atoms. The SMILES string of the molecule is COc1cccc(-c2nc(N3CCOCC3)nc3c2CCN3c2ccnc(N3CCN(C)CC3)c2)c1. The van der Waals surface area contributed by atoms with Gasteiger partial charge in [-0.05, 0) is 31.7 Å². The third-order valence-electron chi connectivity index (χ3n) is 7.32. The highest BCUT2D eigenvalue weighted by Crippen LogP contribution is 2.40. The molecule has 0 N–H and O–H groups in total. The van der Waals surface area contributed by atoms with Gasteiger partial charge < -0.3 is 29.1 Å². The summed E-state index contributed by atoms with van der Waals surface area (Å²) in [6.07, 6.45) is 2.81. The summed E-state index contributed by atoms with van der Waals surface area (Å²) >= 11 is 0. The molecule has 2 aromatic heterocycles. The number of ether oxygens (including phenoxy) is 2. The van der Waals surface area contributed by atoms with Crippen molar-refractivity contribution in [2.24, 2.45) is 0 Å². The number of piperazine rings is 1. The van der Waals surface area contributed by atoms with E-state index in [0.717, 1.165) is 92.5 Å². The molecule has 9 nitrogen and oxygen atoms in total. The van der Waals surface area contributed by atoms with Crippen LogP contribution in [0.25, 0.3) is 11.3 Å². The van der Waals surface area contributed by atoms with E-state index in [4.69, 9.17) is 24.4 Å². The van der Waals surface area contributed by atoms with Gasteiger partial charge in [0.2, 0.25) is 5.95 Å². The van der Waals surface area contributed by atoms with Gasteiger partial charge in [0.05, 0.1) is 26.0 Å². The van der Waals surface area contributed by atoms with Crippen LogP contribution in [-0.2, 0) is 11.2 Å². The zero-order valence-electron chi connectivity index (χ0n) is 21.1. The van der Waals surface area contributed by atoms with Gasteiger partial charge in [0, 0.05) is 74.9 Å². The number of benzene rings is 1. The minimum atomic E-state index is 0.692. The van der Waals surface area contributed by atoms with Crippen molar-refractivity contribution >= 4 is 23.3 Å². The quantitative estimate of drug-likeness (QED) is 0.540. The molecule has 6 rings (SSSR count). The lowest BCUT2D eigenvalue weighted by Gasteiger charge is -2.33. The topological polar surface area (TPSA) is 70.1 Å². The summed E-state index contributed by atoms with van der Waals surface area (Å²) in [4.78, 5) is 24.2. The lowest BCUT2D eigenvalue weighted by molar-refractivity contribution is 0.122. The number of rotatable bonds is 5. The molecular weight excluding hydrogens is 454 g/mol. The number of likely N-dealkylation sites (N-methyl/N-ethyl adjacent to an activating group) is 1. The van der Waals surface area contributed by atoms with E-state index < -0.39 is 0 Å². The molecule has 0 spiro atoms. The van der Waals surface area contributed by atoms with Crippen LogP contribution in [0.3, 0.4) is 0 Å². The summed E-state index contributed by atoms with van der Waals surface area (Å²) in [5.74, 6) is 3.60. The van der Waals surface area contributed by atoms with Crippen molar-refractivity contribution in [1.82, 2.24) is 19.9 Å². The molecule has 3 aliphatic rings. The molecule has 0 atom stereocenters. The molecule has 0 radical (unpaired) electrons. The van der Waals surface area contributed by atoms with Gasteiger partial charge in [-0.15, -0.1) is 0 Å². The summed E-state index contributed by atoms with van der Waals surface area (Å²) in [7, 11) is 3.87. The number of pyridine rings is 1. The summed E-state index contributed by atoms with van der Waals surface area (Å²) in [6.45, 7) is 7.92. The van der Waals surface area contributed by atoms with Crippen LogP contribution in [0.4, 0.5) is 23.3 Å². The molecule has 0 saturated carbocycles. The first-order chi connectivity index (χ1) is 17.7. The second kappa shape index (κ2) is 9.91. The summed E-state index contributed by atoms with van der Waals surface area (Å²) in [5, 5.41) is 0. The van der Waals surface area contributed by atoms with Crippen molar-refractivity contribution in [2.45, 2.75) is 6.42 Å². The van der Waals surface area contributed by atoms with Crippen LogP contribution in [0.1, 0.15) is 5.56 Å². The highest BCUT2D eigenvalue weighted by molar-refractivity contribution is 5.78. The zero-order valence-corrected chi connectivity index (χ0v) is 21.1. The maximum atomic E-state index is 5.59. The molecule has 188 valence electrons. The van der Waals surface area contributed by atoms with Crippen LogP contribution < -0.4 is 19.4 Å². The number of hydrogen-bond acceptors (Lipinski definition) is 9. The van der Waals surface area contributed by atoms with E-state index in [1.54, 1.807) is 7.11 Å². The lowest BCUT2D eigenvalue weighted by atomic mass is 10.1. The molecule has 3 aromatic rings. The molecule has 0 amide bonds. The third kappa shape index (κ3) is 4.44. The van der Waals surface area contributed by atoms with Crippen molar-refractivity contribution in [3.8, 4) is 17.0 Å². The number of anilines is 4. The third-order valence-corrected chi connectivity index (χ3v) is 7.32. The number of hydrogen-bond donors (Lipinski definition) is 0. The van der Waals surface area contributed by atoms with Crippen molar-refractivity contribution in [2.75, 3.05) is 87.9 Å². The van der Waals surface area contributed by atoms with E-state index in [2.05, 4.69) is 50.9 Å². The fraction of sp³-hybridized carbons (Fsp3) is 0.444. The Morgan fingerprint density at radius 2 is 1.72 bits per heavy atom. The minimum Gasteiger partial charge on any atom is -0.497 e. The second-order valence-electron chi connectivity index (χ2n) is 9.57. The first-order valence-electron chi connectivity index (χ1n) is 12.7. The standard InChI is InChI=1S/C27H33N7O2/c1-31-10-12-32(13-11-31)24-19-21(6-8-28-24)34-9-7-23-25(20-4-3-5-22(18-20)35-2)29-27(30-26(23)34)33-14-16-36-17-15-33/h3-6,8,18-19H,7,9-17H2,1-2H3. The van der Waals surface area contributed by atoms with Crippen LogP contribution >= 0.6 is 0 Å². The van der Waals surface area contributed by atoms with Crippen molar-refractivity contribution in [3.05, 3.63) is 48.2 Å². The van der Waals surface area contributed by atoms with E-state index in [1.165, 1.54) is 5.56 Å². The minimum absolute atomic E-state index is 0.692. The summed E-state index contributed by atoms with van der Waals surface area (Å²) in [6, 6.07) is 12.5. The Balaban J connectivity index is 1.40. The Bertz CT molecular complexity index is 1220. The Morgan fingerprint density at radius 1 is 0.889 bits per heavy atom. The molecule has 0 unspecified atom stereocenters. The van der Waals surface area contributed by atoms with Crippen LogP contribution in [0.15, 0.2) is 42.6 Å². The number of aromatic nitrogens is 3. The maximum absolute atomic E-state index is 5.59. The highest BCUT2D eigenvalue weighted by atomic mass is 16.5. The van der Waals surface area contributed by atoms with Crippen LogP contribution in [0.5, 0.6) is 5.75 Å². The monoisotopic (exact) mass is 487 g/mol. The average molecular weight is 488 g/mol. The van der Waals surface area contributed by atoms with Gasteiger partial charge in [0.25, 0.3) is 0 Å². The number of methoxy groups -OCH3 is 1. The lowest BCUT2D eigenvalue weighted by Crippen LogP contribution is -2.44. The van der Waals surface area contributed by atoms with Gasteiger partial charge in [0.15, 0.2) is 0 Å². The smallest absolute Gasteiger partial charge is 0.228 e. The molecule has 9 heteroatoms. The normalized spacial score (nSPS) is 18.4. The van der Waals surface area contributed by atoms with Crippen LogP contribution in [0.2, 0.25) is 0 Å². The van der Waals surface area contributed by atoms with E-state index in [9.17, 15) is 0 Å². The van der Waals surface area contributed by atoms with Crippen LogP contribution in [0, 0.1) is 0 Å². The largest absolute Gasteiger partial charge is 0.497 e. The molecule has 5 heterocycles. The average Bonchev–Trinajstić information content (AvgIpc) is 3.38. The summed E-state index contributed by atoms with van der Waals surface area (Å²) in [5.41, 5.74) is 4.34. The van der Waals surface area contributed by atoms with E-state index in [0.29, 0.717) is 13.2 Å². The van der Waals surface area contributed by atoms with Gasteiger partial charge >= 0.3 is 0 Å². The van der Waals surface area contributed by atoms with Crippen molar-refractivity contribution < 1.29 is 9.47 Å². The second-order valence-corrected chi connectivity index (χ2v) is 9.57.